The third-order valence-corrected chi connectivity index (χ3v) is 5.85. The minimum absolute atomic E-state index is 0.0546. The van der Waals surface area contributed by atoms with Gasteiger partial charge in [0.25, 0.3) is 0 Å². The molecule has 1 heterocycles. The Hall–Kier alpha value is -2.60. The summed E-state index contributed by atoms with van der Waals surface area (Å²) in [5, 5.41) is 12.3. The van der Waals surface area contributed by atoms with Crippen LogP contribution in [0.2, 0.25) is 0 Å². The predicted octanol–water partition coefficient (Wildman–Crippen LogP) is 5.13. The fraction of sp³-hybridized carbons (Fsp3) is 0.348. The van der Waals surface area contributed by atoms with Crippen LogP contribution in [0.25, 0.3) is 11.4 Å². The first-order chi connectivity index (χ1) is 13.6. The van der Waals surface area contributed by atoms with E-state index in [2.05, 4.69) is 66.6 Å². The molecule has 0 radical (unpaired) electrons. The van der Waals surface area contributed by atoms with Gasteiger partial charge in [0.2, 0.25) is 5.91 Å². The number of carbonyl (C=O) groups excluding carboxylic acids is 1. The van der Waals surface area contributed by atoms with Gasteiger partial charge in [0.05, 0.1) is 5.75 Å². The highest BCUT2D eigenvalue weighted by Gasteiger charge is 2.16. The van der Waals surface area contributed by atoms with E-state index in [4.69, 9.17) is 0 Å². The van der Waals surface area contributed by atoms with Crippen molar-refractivity contribution in [2.45, 2.75) is 45.2 Å². The van der Waals surface area contributed by atoms with Crippen LogP contribution in [0, 0.1) is 13.8 Å². The zero-order valence-electron chi connectivity index (χ0n) is 17.9. The number of thioether (sulfide) groups is 1. The molecule has 1 aromatic heterocycles. The number of carbonyl (C=O) groups is 1. The molecule has 6 heteroatoms. The van der Waals surface area contributed by atoms with Gasteiger partial charge in [-0.3, -0.25) is 4.79 Å². The number of anilines is 1. The summed E-state index contributed by atoms with van der Waals surface area (Å²) in [7, 11) is 1.93. The van der Waals surface area contributed by atoms with Crippen LogP contribution in [0.1, 0.15) is 37.5 Å². The zero-order valence-corrected chi connectivity index (χ0v) is 18.7. The van der Waals surface area contributed by atoms with Crippen molar-refractivity contribution >= 4 is 23.4 Å². The van der Waals surface area contributed by atoms with E-state index >= 15 is 0 Å². The van der Waals surface area contributed by atoms with Crippen LogP contribution in [0.5, 0.6) is 0 Å². The molecule has 0 unspecified atom stereocenters. The fourth-order valence-electron chi connectivity index (χ4n) is 3.08. The average Bonchev–Trinajstić information content (AvgIpc) is 3.02. The zero-order chi connectivity index (χ0) is 21.2. The maximum Gasteiger partial charge on any atom is 0.234 e. The molecule has 0 fully saturated rings. The third kappa shape index (κ3) is 5.07. The van der Waals surface area contributed by atoms with E-state index in [-0.39, 0.29) is 17.1 Å². The van der Waals surface area contributed by atoms with Crippen LogP contribution in [0.15, 0.2) is 47.6 Å². The number of nitrogens with zero attached hydrogens (tertiary/aromatic N) is 3. The minimum atomic E-state index is -0.0546. The van der Waals surface area contributed by atoms with Crippen LogP contribution < -0.4 is 5.32 Å². The Labute approximate surface area is 176 Å². The van der Waals surface area contributed by atoms with Crippen molar-refractivity contribution in [1.29, 1.82) is 0 Å². The van der Waals surface area contributed by atoms with Crippen molar-refractivity contribution in [3.63, 3.8) is 0 Å². The molecule has 0 saturated carbocycles. The van der Waals surface area contributed by atoms with Crippen molar-refractivity contribution in [2.24, 2.45) is 7.05 Å². The van der Waals surface area contributed by atoms with Gasteiger partial charge in [-0.2, -0.15) is 0 Å². The largest absolute Gasteiger partial charge is 0.325 e. The maximum absolute atomic E-state index is 12.4. The lowest BCUT2D eigenvalue weighted by Gasteiger charge is -2.19. The molecule has 0 aliphatic rings. The molecule has 1 N–H and O–H groups in total. The second-order valence-electron chi connectivity index (χ2n) is 8.35. The first-order valence-corrected chi connectivity index (χ1v) is 10.6. The average molecular weight is 409 g/mol. The Balaban J connectivity index is 1.66. The highest BCUT2D eigenvalue weighted by atomic mass is 32.2. The predicted molar refractivity (Wildman–Crippen MR) is 120 cm³/mol. The molecule has 0 spiro atoms. The number of aryl methyl sites for hydroxylation is 2. The molecule has 0 saturated heterocycles. The molecular formula is C23H28N4OS. The minimum Gasteiger partial charge on any atom is -0.325 e. The summed E-state index contributed by atoms with van der Waals surface area (Å²) in [4.78, 5) is 12.4. The van der Waals surface area contributed by atoms with E-state index in [1.165, 1.54) is 22.9 Å². The molecule has 152 valence electrons. The SMILES string of the molecule is Cc1ccc(NC(=O)CSc2nnc(-c3ccc(C(C)(C)C)cc3)n2C)c(C)c1. The van der Waals surface area contributed by atoms with E-state index in [9.17, 15) is 4.79 Å². The van der Waals surface area contributed by atoms with Crippen LogP contribution in [-0.4, -0.2) is 26.4 Å². The van der Waals surface area contributed by atoms with Crippen molar-refractivity contribution in [1.82, 2.24) is 14.8 Å². The topological polar surface area (TPSA) is 59.8 Å². The van der Waals surface area contributed by atoms with Gasteiger partial charge in [0.1, 0.15) is 0 Å². The van der Waals surface area contributed by atoms with Crippen molar-refractivity contribution in [3.8, 4) is 11.4 Å². The van der Waals surface area contributed by atoms with Crippen LogP contribution in [0.4, 0.5) is 5.69 Å². The van der Waals surface area contributed by atoms with Gasteiger partial charge in [-0.1, -0.05) is 74.5 Å². The van der Waals surface area contributed by atoms with Crippen LogP contribution in [0.3, 0.4) is 0 Å². The summed E-state index contributed by atoms with van der Waals surface area (Å²) in [6, 6.07) is 14.4. The Bertz CT molecular complexity index is 1020. The number of benzene rings is 2. The first kappa shape index (κ1) is 21.1. The second kappa shape index (κ2) is 8.41. The lowest BCUT2D eigenvalue weighted by Crippen LogP contribution is -2.15. The van der Waals surface area contributed by atoms with E-state index in [1.54, 1.807) is 0 Å². The van der Waals surface area contributed by atoms with E-state index in [1.807, 2.05) is 37.6 Å². The highest BCUT2D eigenvalue weighted by molar-refractivity contribution is 7.99. The molecule has 3 aromatic rings. The summed E-state index contributed by atoms with van der Waals surface area (Å²) in [6.45, 7) is 10.6. The smallest absolute Gasteiger partial charge is 0.234 e. The third-order valence-electron chi connectivity index (χ3n) is 4.83. The van der Waals surface area contributed by atoms with Gasteiger partial charge in [0.15, 0.2) is 11.0 Å². The van der Waals surface area contributed by atoms with Gasteiger partial charge in [-0.15, -0.1) is 10.2 Å². The summed E-state index contributed by atoms with van der Waals surface area (Å²) in [5.74, 6) is 1.02. The number of rotatable bonds is 5. The van der Waals surface area contributed by atoms with E-state index in [0.29, 0.717) is 0 Å². The van der Waals surface area contributed by atoms with E-state index in [0.717, 1.165) is 27.8 Å². The quantitative estimate of drug-likeness (QED) is 0.595. The molecule has 0 bridgehead atoms. The van der Waals surface area contributed by atoms with Crippen molar-refractivity contribution in [2.75, 3.05) is 11.1 Å². The molecule has 5 nitrogen and oxygen atoms in total. The molecule has 0 aliphatic heterocycles. The number of hydrogen-bond acceptors (Lipinski definition) is 4. The van der Waals surface area contributed by atoms with Gasteiger partial charge in [-0.05, 0) is 36.5 Å². The van der Waals surface area contributed by atoms with Crippen LogP contribution in [-0.2, 0) is 17.3 Å². The Kier molecular flexibility index (Phi) is 6.13. The van der Waals surface area contributed by atoms with Gasteiger partial charge in [0, 0.05) is 18.3 Å². The Morgan fingerprint density at radius 2 is 1.76 bits per heavy atom. The number of nitrogens with one attached hydrogen (secondary N) is 1. The molecule has 3 rings (SSSR count). The number of amides is 1. The normalized spacial score (nSPS) is 11.5. The van der Waals surface area contributed by atoms with Gasteiger partial charge < -0.3 is 9.88 Å². The summed E-state index contributed by atoms with van der Waals surface area (Å²) < 4.78 is 1.93. The summed E-state index contributed by atoms with van der Waals surface area (Å²) >= 11 is 1.38. The molecular weight excluding hydrogens is 380 g/mol. The molecule has 2 aromatic carbocycles. The van der Waals surface area contributed by atoms with Gasteiger partial charge >= 0.3 is 0 Å². The van der Waals surface area contributed by atoms with Crippen molar-refractivity contribution in [3.05, 3.63) is 59.2 Å². The van der Waals surface area contributed by atoms with Gasteiger partial charge in [-0.25, -0.2) is 0 Å². The van der Waals surface area contributed by atoms with E-state index < -0.39 is 0 Å². The van der Waals surface area contributed by atoms with Crippen molar-refractivity contribution < 1.29 is 4.79 Å². The molecule has 0 atom stereocenters. The fourth-order valence-corrected chi connectivity index (χ4v) is 3.79. The number of hydrogen-bond donors (Lipinski definition) is 1. The first-order valence-electron chi connectivity index (χ1n) is 9.65. The second-order valence-corrected chi connectivity index (χ2v) is 9.29. The summed E-state index contributed by atoms with van der Waals surface area (Å²) in [6.07, 6.45) is 0. The lowest BCUT2D eigenvalue weighted by atomic mass is 9.87. The summed E-state index contributed by atoms with van der Waals surface area (Å²) in [5.41, 5.74) is 5.49. The van der Waals surface area contributed by atoms with Crippen LogP contribution >= 0.6 is 11.8 Å². The lowest BCUT2D eigenvalue weighted by molar-refractivity contribution is -0.113. The molecule has 1 amide bonds. The Morgan fingerprint density at radius 1 is 1.07 bits per heavy atom. The Morgan fingerprint density at radius 3 is 2.38 bits per heavy atom. The highest BCUT2D eigenvalue weighted by Crippen LogP contribution is 2.27. The maximum atomic E-state index is 12.4. The molecule has 0 aliphatic carbocycles. The monoisotopic (exact) mass is 408 g/mol. The molecule has 29 heavy (non-hydrogen) atoms. The number of aromatic nitrogens is 3. The standard InChI is InChI=1S/C23H28N4OS/c1-15-7-12-19(16(2)13-15)24-20(28)14-29-22-26-25-21(27(22)6)17-8-10-18(11-9-17)23(3,4)5/h7-13H,14H2,1-6H3,(H,24,28).